The first kappa shape index (κ1) is 6.92. The minimum absolute atomic E-state index is 0.102. The minimum Gasteiger partial charge on any atom is -0.329 e. The molecule has 0 rings (SSSR count). The van der Waals surface area contributed by atoms with Crippen LogP contribution in [0, 0.1) is 6.42 Å². The molecule has 7 heavy (non-hydrogen) atoms. The Hall–Kier alpha value is -0.0800. The number of nitrogens with two attached hydrogens (primary N) is 2. The Bertz CT molecular complexity index is 37.1. The predicted molar refractivity (Wildman–Crippen MR) is 31.6 cm³/mol. The van der Waals surface area contributed by atoms with E-state index in [2.05, 4.69) is 6.92 Å². The molecule has 0 aromatic heterocycles. The molecular formula is C5H13N2. The number of rotatable bonds is 3. The van der Waals surface area contributed by atoms with E-state index in [1.165, 1.54) is 0 Å². The van der Waals surface area contributed by atoms with Gasteiger partial charge < -0.3 is 11.5 Å². The quantitative estimate of drug-likeness (QED) is 0.521. The van der Waals surface area contributed by atoms with Crippen LogP contribution in [0.5, 0.6) is 0 Å². The van der Waals surface area contributed by atoms with Crippen molar-refractivity contribution in [1.82, 2.24) is 0 Å². The smallest absolute Gasteiger partial charge is 0.0194 e. The van der Waals surface area contributed by atoms with Crippen molar-refractivity contribution in [2.75, 3.05) is 6.54 Å². The lowest BCUT2D eigenvalue weighted by molar-refractivity contribution is 0.740. The molecule has 2 nitrogen and oxygen atoms in total. The Morgan fingerprint density at radius 2 is 2.29 bits per heavy atom. The van der Waals surface area contributed by atoms with Gasteiger partial charge in [0.2, 0.25) is 0 Å². The first-order chi connectivity index (χ1) is 3.31. The van der Waals surface area contributed by atoms with E-state index in [0.717, 1.165) is 6.42 Å². The molecule has 0 saturated heterocycles. The lowest BCUT2D eigenvalue weighted by Gasteiger charge is -2.02. The van der Waals surface area contributed by atoms with Gasteiger partial charge in [0.1, 0.15) is 0 Å². The Morgan fingerprint density at radius 1 is 1.71 bits per heavy atom. The first-order valence-electron chi connectivity index (χ1n) is 2.60. The standard InChI is InChI=1S/C5H13N2/c1-2-3-5(7)4-6/h3,5H,2,4,6-7H2,1H3. The maximum Gasteiger partial charge on any atom is 0.0194 e. The van der Waals surface area contributed by atoms with E-state index in [1.807, 2.05) is 6.42 Å². The summed E-state index contributed by atoms with van der Waals surface area (Å²) in [5, 5.41) is 0. The third-order valence-electron chi connectivity index (χ3n) is 0.811. The van der Waals surface area contributed by atoms with Gasteiger partial charge in [0.15, 0.2) is 0 Å². The fourth-order valence-corrected chi connectivity index (χ4v) is 0.399. The van der Waals surface area contributed by atoms with Crippen LogP contribution >= 0.6 is 0 Å². The van der Waals surface area contributed by atoms with Crippen LogP contribution in [0.25, 0.3) is 0 Å². The van der Waals surface area contributed by atoms with Gasteiger partial charge in [-0.3, -0.25) is 0 Å². The molecule has 0 aromatic carbocycles. The summed E-state index contributed by atoms with van der Waals surface area (Å²) >= 11 is 0. The summed E-state index contributed by atoms with van der Waals surface area (Å²) in [6, 6.07) is 0.102. The molecule has 1 radical (unpaired) electrons. The lowest BCUT2D eigenvalue weighted by atomic mass is 10.2. The fraction of sp³-hybridized carbons (Fsp3) is 0.800. The van der Waals surface area contributed by atoms with Crippen molar-refractivity contribution in [2.24, 2.45) is 11.5 Å². The zero-order valence-corrected chi connectivity index (χ0v) is 4.72. The lowest BCUT2D eigenvalue weighted by Crippen LogP contribution is -2.29. The SMILES string of the molecule is CC[CH]C(N)CN. The average Bonchev–Trinajstić information content (AvgIpc) is 1.68. The average molecular weight is 101 g/mol. The third kappa shape index (κ3) is 3.76. The van der Waals surface area contributed by atoms with Crippen LogP contribution in [0.1, 0.15) is 13.3 Å². The van der Waals surface area contributed by atoms with Crippen molar-refractivity contribution in [3.63, 3.8) is 0 Å². The monoisotopic (exact) mass is 101 g/mol. The van der Waals surface area contributed by atoms with Gasteiger partial charge in [-0.15, -0.1) is 0 Å². The van der Waals surface area contributed by atoms with Crippen LogP contribution in [-0.4, -0.2) is 12.6 Å². The van der Waals surface area contributed by atoms with E-state index in [0.29, 0.717) is 6.54 Å². The summed E-state index contributed by atoms with van der Waals surface area (Å²) in [5.41, 5.74) is 10.6. The molecule has 43 valence electrons. The largest absolute Gasteiger partial charge is 0.329 e. The van der Waals surface area contributed by atoms with E-state index in [4.69, 9.17) is 11.5 Å². The van der Waals surface area contributed by atoms with Crippen molar-refractivity contribution in [2.45, 2.75) is 19.4 Å². The minimum atomic E-state index is 0.102. The van der Waals surface area contributed by atoms with E-state index in [1.54, 1.807) is 0 Å². The molecule has 0 aliphatic carbocycles. The molecule has 0 heterocycles. The number of hydrogen-bond acceptors (Lipinski definition) is 2. The summed E-state index contributed by atoms with van der Waals surface area (Å²) in [6.45, 7) is 2.61. The summed E-state index contributed by atoms with van der Waals surface area (Å²) < 4.78 is 0. The Kier molecular flexibility index (Phi) is 4.04. The zero-order valence-electron chi connectivity index (χ0n) is 4.72. The highest BCUT2D eigenvalue weighted by Gasteiger charge is 1.93. The van der Waals surface area contributed by atoms with Gasteiger partial charge in [-0.2, -0.15) is 0 Å². The second kappa shape index (κ2) is 4.09. The summed E-state index contributed by atoms with van der Waals surface area (Å²) in [6.07, 6.45) is 3.01. The van der Waals surface area contributed by atoms with Crippen LogP contribution in [0.2, 0.25) is 0 Å². The Morgan fingerprint density at radius 3 is 2.43 bits per heavy atom. The molecule has 0 aliphatic heterocycles. The highest BCUT2D eigenvalue weighted by Crippen LogP contribution is 1.86. The second-order valence-electron chi connectivity index (χ2n) is 1.54. The molecule has 1 atom stereocenters. The molecule has 2 heteroatoms. The van der Waals surface area contributed by atoms with E-state index < -0.39 is 0 Å². The van der Waals surface area contributed by atoms with Gasteiger partial charge in [-0.1, -0.05) is 13.3 Å². The van der Waals surface area contributed by atoms with Crippen LogP contribution in [0.3, 0.4) is 0 Å². The predicted octanol–water partition coefficient (Wildman–Crippen LogP) is -0.113. The summed E-state index contributed by atoms with van der Waals surface area (Å²) in [7, 11) is 0. The van der Waals surface area contributed by atoms with Crippen molar-refractivity contribution >= 4 is 0 Å². The van der Waals surface area contributed by atoms with Crippen molar-refractivity contribution in [3.8, 4) is 0 Å². The fourth-order valence-electron chi connectivity index (χ4n) is 0.399. The Balaban J connectivity index is 2.83. The van der Waals surface area contributed by atoms with Gasteiger partial charge in [0.25, 0.3) is 0 Å². The van der Waals surface area contributed by atoms with Crippen LogP contribution in [-0.2, 0) is 0 Å². The van der Waals surface area contributed by atoms with Crippen molar-refractivity contribution in [3.05, 3.63) is 6.42 Å². The molecule has 4 N–H and O–H groups in total. The normalized spacial score (nSPS) is 14.1. The Labute approximate surface area is 44.9 Å². The molecule has 0 spiro atoms. The molecule has 0 bridgehead atoms. The maximum absolute atomic E-state index is 5.40. The van der Waals surface area contributed by atoms with E-state index >= 15 is 0 Å². The topological polar surface area (TPSA) is 52.0 Å². The molecule has 0 aliphatic rings. The molecule has 0 aromatic rings. The molecule has 0 saturated carbocycles. The van der Waals surface area contributed by atoms with Crippen LogP contribution in [0.4, 0.5) is 0 Å². The van der Waals surface area contributed by atoms with Crippen molar-refractivity contribution in [1.29, 1.82) is 0 Å². The van der Waals surface area contributed by atoms with Gasteiger partial charge >= 0.3 is 0 Å². The van der Waals surface area contributed by atoms with Crippen LogP contribution < -0.4 is 11.5 Å². The van der Waals surface area contributed by atoms with Gasteiger partial charge in [-0.25, -0.2) is 0 Å². The summed E-state index contributed by atoms with van der Waals surface area (Å²) in [5.74, 6) is 0. The zero-order chi connectivity index (χ0) is 5.70. The summed E-state index contributed by atoms with van der Waals surface area (Å²) in [4.78, 5) is 0. The maximum atomic E-state index is 5.40. The van der Waals surface area contributed by atoms with Gasteiger partial charge in [0, 0.05) is 12.6 Å². The molecular weight excluding hydrogens is 88.1 g/mol. The highest BCUT2D eigenvalue weighted by molar-refractivity contribution is 4.77. The van der Waals surface area contributed by atoms with Gasteiger partial charge in [0.05, 0.1) is 0 Å². The van der Waals surface area contributed by atoms with E-state index in [-0.39, 0.29) is 6.04 Å². The highest BCUT2D eigenvalue weighted by atomic mass is 14.7. The number of hydrogen-bond donors (Lipinski definition) is 2. The molecule has 1 unspecified atom stereocenters. The van der Waals surface area contributed by atoms with Gasteiger partial charge in [-0.05, 0) is 6.42 Å². The molecule has 0 amide bonds. The van der Waals surface area contributed by atoms with Crippen LogP contribution in [0.15, 0.2) is 0 Å². The first-order valence-corrected chi connectivity index (χ1v) is 2.60. The van der Waals surface area contributed by atoms with E-state index in [9.17, 15) is 0 Å². The van der Waals surface area contributed by atoms with Crippen molar-refractivity contribution < 1.29 is 0 Å². The second-order valence-corrected chi connectivity index (χ2v) is 1.54. The molecule has 0 fully saturated rings. The third-order valence-corrected chi connectivity index (χ3v) is 0.811.